The van der Waals surface area contributed by atoms with Gasteiger partial charge in [-0.2, -0.15) is 0 Å². The number of hydrogen-bond donors (Lipinski definition) is 0. The summed E-state index contributed by atoms with van der Waals surface area (Å²) >= 11 is 0. The molecule has 0 aromatic rings. The monoisotopic (exact) mass is 147 g/mol. The molecule has 1 nitrogen and oxygen atoms in total. The SMILES string of the molecule is CCC(F)CCCN(C)C. The van der Waals surface area contributed by atoms with E-state index in [0.29, 0.717) is 12.8 Å². The van der Waals surface area contributed by atoms with Crippen molar-refractivity contribution in [3.05, 3.63) is 0 Å². The van der Waals surface area contributed by atoms with Crippen molar-refractivity contribution in [3.8, 4) is 0 Å². The maximum absolute atomic E-state index is 12.6. The molecule has 0 rings (SSSR count). The van der Waals surface area contributed by atoms with Crippen molar-refractivity contribution in [2.75, 3.05) is 20.6 Å². The van der Waals surface area contributed by atoms with Crippen LogP contribution >= 0.6 is 0 Å². The van der Waals surface area contributed by atoms with Gasteiger partial charge in [0.05, 0.1) is 6.17 Å². The zero-order valence-electron chi connectivity index (χ0n) is 7.23. The second kappa shape index (κ2) is 5.66. The first-order chi connectivity index (χ1) is 4.66. The van der Waals surface area contributed by atoms with Crippen LogP contribution in [0, 0.1) is 0 Å². The Morgan fingerprint density at radius 3 is 2.40 bits per heavy atom. The van der Waals surface area contributed by atoms with Gasteiger partial charge in [0.25, 0.3) is 0 Å². The smallest absolute Gasteiger partial charge is 0.0999 e. The van der Waals surface area contributed by atoms with E-state index in [0.717, 1.165) is 13.0 Å². The topological polar surface area (TPSA) is 3.24 Å². The molecule has 0 heterocycles. The number of nitrogens with zero attached hydrogens (tertiary/aromatic N) is 1. The highest BCUT2D eigenvalue weighted by Crippen LogP contribution is 2.05. The van der Waals surface area contributed by atoms with Gasteiger partial charge in [-0.1, -0.05) is 6.92 Å². The van der Waals surface area contributed by atoms with Crippen LogP contribution < -0.4 is 0 Å². The minimum absolute atomic E-state index is 0.583. The van der Waals surface area contributed by atoms with Crippen molar-refractivity contribution in [1.82, 2.24) is 4.90 Å². The molecule has 0 saturated heterocycles. The molecule has 1 atom stereocenters. The Kier molecular flexibility index (Phi) is 5.60. The predicted molar refractivity (Wildman–Crippen MR) is 43.0 cm³/mol. The molecule has 0 saturated carbocycles. The van der Waals surface area contributed by atoms with Gasteiger partial charge in [-0.25, -0.2) is 4.39 Å². The lowest BCUT2D eigenvalue weighted by Crippen LogP contribution is -2.14. The Balaban J connectivity index is 3.03. The zero-order chi connectivity index (χ0) is 7.98. The summed E-state index contributed by atoms with van der Waals surface area (Å²) in [7, 11) is 4.03. The van der Waals surface area contributed by atoms with Gasteiger partial charge in [-0.3, -0.25) is 0 Å². The summed E-state index contributed by atoms with van der Waals surface area (Å²) in [6.45, 7) is 2.89. The summed E-state index contributed by atoms with van der Waals surface area (Å²) in [6, 6.07) is 0. The van der Waals surface area contributed by atoms with Crippen molar-refractivity contribution in [1.29, 1.82) is 0 Å². The molecule has 0 amide bonds. The average molecular weight is 147 g/mol. The molecule has 0 bridgehead atoms. The summed E-state index contributed by atoms with van der Waals surface area (Å²) in [5.74, 6) is 0. The lowest BCUT2D eigenvalue weighted by molar-refractivity contribution is 0.282. The van der Waals surface area contributed by atoms with Gasteiger partial charge in [0, 0.05) is 0 Å². The number of rotatable bonds is 5. The lowest BCUT2D eigenvalue weighted by Gasteiger charge is -2.09. The van der Waals surface area contributed by atoms with Crippen LogP contribution in [-0.2, 0) is 0 Å². The first-order valence-corrected chi connectivity index (χ1v) is 3.95. The Bertz CT molecular complexity index is 73.7. The van der Waals surface area contributed by atoms with Gasteiger partial charge in [0.15, 0.2) is 0 Å². The molecule has 62 valence electrons. The molecule has 2 heteroatoms. The minimum atomic E-state index is -0.583. The second-order valence-corrected chi connectivity index (χ2v) is 2.95. The largest absolute Gasteiger partial charge is 0.309 e. The predicted octanol–water partition coefficient (Wildman–Crippen LogP) is 2.08. The summed E-state index contributed by atoms with van der Waals surface area (Å²) in [5.41, 5.74) is 0. The highest BCUT2D eigenvalue weighted by molar-refractivity contribution is 4.54. The normalized spacial score (nSPS) is 14.1. The summed E-state index contributed by atoms with van der Waals surface area (Å²) in [6.07, 6.45) is 1.77. The van der Waals surface area contributed by atoms with E-state index in [1.165, 1.54) is 0 Å². The van der Waals surface area contributed by atoms with Crippen molar-refractivity contribution in [2.24, 2.45) is 0 Å². The maximum atomic E-state index is 12.6. The molecule has 0 N–H and O–H groups in total. The molecule has 10 heavy (non-hydrogen) atoms. The van der Waals surface area contributed by atoms with Crippen LogP contribution in [0.4, 0.5) is 4.39 Å². The summed E-state index contributed by atoms with van der Waals surface area (Å²) in [4.78, 5) is 2.09. The summed E-state index contributed by atoms with van der Waals surface area (Å²) in [5, 5.41) is 0. The van der Waals surface area contributed by atoms with E-state index < -0.39 is 6.17 Å². The number of halogens is 1. The standard InChI is InChI=1S/C8H18FN/c1-4-8(9)6-5-7-10(2)3/h8H,4-7H2,1-3H3. The zero-order valence-corrected chi connectivity index (χ0v) is 7.23. The molecule has 0 aliphatic rings. The van der Waals surface area contributed by atoms with E-state index >= 15 is 0 Å². The van der Waals surface area contributed by atoms with E-state index in [1.54, 1.807) is 0 Å². The van der Waals surface area contributed by atoms with E-state index in [1.807, 2.05) is 21.0 Å². The first kappa shape index (κ1) is 9.89. The van der Waals surface area contributed by atoms with Crippen LogP contribution in [0.2, 0.25) is 0 Å². The van der Waals surface area contributed by atoms with Gasteiger partial charge in [-0.05, 0) is 39.9 Å². The highest BCUT2D eigenvalue weighted by atomic mass is 19.1. The van der Waals surface area contributed by atoms with Crippen LogP contribution in [0.15, 0.2) is 0 Å². The van der Waals surface area contributed by atoms with Crippen LogP contribution in [0.3, 0.4) is 0 Å². The van der Waals surface area contributed by atoms with Gasteiger partial charge < -0.3 is 4.90 Å². The first-order valence-electron chi connectivity index (χ1n) is 3.95. The maximum Gasteiger partial charge on any atom is 0.0999 e. The molecular weight excluding hydrogens is 129 g/mol. The molecule has 0 aliphatic carbocycles. The Morgan fingerprint density at radius 1 is 1.40 bits per heavy atom. The van der Waals surface area contributed by atoms with Crippen LogP contribution in [0.25, 0.3) is 0 Å². The molecule has 0 radical (unpaired) electrons. The van der Waals surface area contributed by atoms with Crippen molar-refractivity contribution in [3.63, 3.8) is 0 Å². The Labute approximate surface area is 63.2 Å². The Hall–Kier alpha value is -0.110. The molecule has 0 fully saturated rings. The minimum Gasteiger partial charge on any atom is -0.309 e. The fraction of sp³-hybridized carbons (Fsp3) is 1.00. The molecular formula is C8H18FN. The van der Waals surface area contributed by atoms with E-state index in [9.17, 15) is 4.39 Å². The number of alkyl halides is 1. The number of hydrogen-bond acceptors (Lipinski definition) is 1. The fourth-order valence-corrected chi connectivity index (χ4v) is 0.833. The third-order valence-corrected chi connectivity index (χ3v) is 1.57. The van der Waals surface area contributed by atoms with E-state index in [4.69, 9.17) is 0 Å². The molecule has 0 aliphatic heterocycles. The highest BCUT2D eigenvalue weighted by Gasteiger charge is 2.01. The summed E-state index contributed by atoms with van der Waals surface area (Å²) < 4.78 is 12.6. The molecule has 0 spiro atoms. The molecule has 0 aromatic carbocycles. The average Bonchev–Trinajstić information content (AvgIpc) is 1.87. The van der Waals surface area contributed by atoms with Crippen LogP contribution in [-0.4, -0.2) is 31.7 Å². The van der Waals surface area contributed by atoms with Gasteiger partial charge in [0.1, 0.15) is 0 Å². The van der Waals surface area contributed by atoms with Gasteiger partial charge in [-0.15, -0.1) is 0 Å². The van der Waals surface area contributed by atoms with E-state index in [-0.39, 0.29) is 0 Å². The van der Waals surface area contributed by atoms with Crippen molar-refractivity contribution in [2.45, 2.75) is 32.4 Å². The third kappa shape index (κ3) is 6.02. The quantitative estimate of drug-likeness (QED) is 0.575. The lowest BCUT2D eigenvalue weighted by atomic mass is 10.2. The van der Waals surface area contributed by atoms with Crippen molar-refractivity contribution >= 4 is 0 Å². The third-order valence-electron chi connectivity index (χ3n) is 1.57. The Morgan fingerprint density at radius 2 is 2.00 bits per heavy atom. The molecule has 1 unspecified atom stereocenters. The fourth-order valence-electron chi connectivity index (χ4n) is 0.833. The van der Waals surface area contributed by atoms with Crippen molar-refractivity contribution < 1.29 is 4.39 Å². The van der Waals surface area contributed by atoms with Gasteiger partial charge >= 0.3 is 0 Å². The van der Waals surface area contributed by atoms with Crippen LogP contribution in [0.1, 0.15) is 26.2 Å². The van der Waals surface area contributed by atoms with Crippen LogP contribution in [0.5, 0.6) is 0 Å². The van der Waals surface area contributed by atoms with Gasteiger partial charge in [0.2, 0.25) is 0 Å². The second-order valence-electron chi connectivity index (χ2n) is 2.95. The molecule has 0 aromatic heterocycles. The van der Waals surface area contributed by atoms with E-state index in [2.05, 4.69) is 4.90 Å².